The van der Waals surface area contributed by atoms with Gasteiger partial charge in [-0.05, 0) is 49.2 Å². The van der Waals surface area contributed by atoms with Gasteiger partial charge in [0.1, 0.15) is 5.75 Å². The van der Waals surface area contributed by atoms with Crippen molar-refractivity contribution in [1.29, 1.82) is 5.26 Å². The summed E-state index contributed by atoms with van der Waals surface area (Å²) in [6.45, 7) is 3.65. The highest BCUT2D eigenvalue weighted by atomic mass is 16.5. The quantitative estimate of drug-likeness (QED) is 0.607. The SMILES string of the molecule is Cc1cc(OC(=O)c2ccccc2)cc(C)c1C#N. The van der Waals surface area contributed by atoms with Crippen molar-refractivity contribution in [2.75, 3.05) is 0 Å². The standard InChI is InChI=1S/C16H13NO2/c1-11-8-14(9-12(2)15(11)10-17)19-16(18)13-6-4-3-5-7-13/h3-9H,1-2H3. The van der Waals surface area contributed by atoms with Crippen LogP contribution >= 0.6 is 0 Å². The topological polar surface area (TPSA) is 50.1 Å². The molecule has 3 nitrogen and oxygen atoms in total. The monoisotopic (exact) mass is 251 g/mol. The second-order valence-corrected chi connectivity index (χ2v) is 4.30. The molecule has 2 aromatic rings. The van der Waals surface area contributed by atoms with E-state index in [-0.39, 0.29) is 0 Å². The van der Waals surface area contributed by atoms with E-state index in [9.17, 15) is 4.79 Å². The first-order valence-electron chi connectivity index (χ1n) is 5.90. The maximum Gasteiger partial charge on any atom is 0.343 e. The third-order valence-corrected chi connectivity index (χ3v) is 2.84. The smallest absolute Gasteiger partial charge is 0.343 e. The molecule has 2 rings (SSSR count). The maximum absolute atomic E-state index is 11.9. The normalized spacial score (nSPS) is 9.74. The number of ether oxygens (including phenoxy) is 1. The summed E-state index contributed by atoms with van der Waals surface area (Å²) < 4.78 is 5.31. The molecule has 0 saturated heterocycles. The lowest BCUT2D eigenvalue weighted by Crippen LogP contribution is -2.08. The van der Waals surface area contributed by atoms with Gasteiger partial charge in [0.05, 0.1) is 17.2 Å². The lowest BCUT2D eigenvalue weighted by Gasteiger charge is -2.08. The number of nitrogens with zero attached hydrogens (tertiary/aromatic N) is 1. The summed E-state index contributed by atoms with van der Waals surface area (Å²) in [5, 5.41) is 8.99. The average Bonchev–Trinajstić information content (AvgIpc) is 2.39. The summed E-state index contributed by atoms with van der Waals surface area (Å²) in [6, 6.07) is 14.3. The van der Waals surface area contributed by atoms with Crippen LogP contribution in [0, 0.1) is 25.2 Å². The Morgan fingerprint density at radius 2 is 1.68 bits per heavy atom. The molecule has 0 aromatic heterocycles. The molecule has 0 fully saturated rings. The van der Waals surface area contributed by atoms with Gasteiger partial charge in [-0.15, -0.1) is 0 Å². The fourth-order valence-electron chi connectivity index (χ4n) is 1.90. The van der Waals surface area contributed by atoms with E-state index >= 15 is 0 Å². The Kier molecular flexibility index (Phi) is 3.63. The summed E-state index contributed by atoms with van der Waals surface area (Å²) in [5.74, 6) is 0.0620. The van der Waals surface area contributed by atoms with Gasteiger partial charge in [-0.1, -0.05) is 18.2 Å². The van der Waals surface area contributed by atoms with Crippen molar-refractivity contribution in [3.05, 3.63) is 64.7 Å². The van der Waals surface area contributed by atoms with E-state index in [4.69, 9.17) is 10.00 Å². The molecule has 0 amide bonds. The van der Waals surface area contributed by atoms with E-state index < -0.39 is 5.97 Å². The van der Waals surface area contributed by atoms with Gasteiger partial charge >= 0.3 is 5.97 Å². The Balaban J connectivity index is 2.26. The zero-order chi connectivity index (χ0) is 13.8. The minimum absolute atomic E-state index is 0.399. The highest BCUT2D eigenvalue weighted by Crippen LogP contribution is 2.22. The highest BCUT2D eigenvalue weighted by molar-refractivity contribution is 5.91. The number of carbonyl (C=O) groups excluding carboxylic acids is 1. The average molecular weight is 251 g/mol. The van der Waals surface area contributed by atoms with Crippen LogP contribution in [0.3, 0.4) is 0 Å². The van der Waals surface area contributed by atoms with Gasteiger partial charge in [0.15, 0.2) is 0 Å². The van der Waals surface area contributed by atoms with Crippen LogP contribution in [-0.4, -0.2) is 5.97 Å². The summed E-state index contributed by atoms with van der Waals surface area (Å²) in [7, 11) is 0. The third kappa shape index (κ3) is 2.80. The van der Waals surface area contributed by atoms with E-state index in [0.717, 1.165) is 11.1 Å². The zero-order valence-electron chi connectivity index (χ0n) is 10.8. The fourth-order valence-corrected chi connectivity index (χ4v) is 1.90. The third-order valence-electron chi connectivity index (χ3n) is 2.84. The molecule has 0 aliphatic heterocycles. The molecule has 0 bridgehead atoms. The largest absolute Gasteiger partial charge is 0.423 e. The first-order valence-corrected chi connectivity index (χ1v) is 5.90. The van der Waals surface area contributed by atoms with E-state index in [1.54, 1.807) is 36.4 Å². The van der Waals surface area contributed by atoms with Gasteiger partial charge in [0.2, 0.25) is 0 Å². The first kappa shape index (κ1) is 12.8. The molecule has 0 aliphatic rings. The Hall–Kier alpha value is -2.60. The van der Waals surface area contributed by atoms with Crippen LogP contribution in [0.1, 0.15) is 27.0 Å². The minimum atomic E-state index is -0.399. The van der Waals surface area contributed by atoms with E-state index in [0.29, 0.717) is 16.9 Å². The Morgan fingerprint density at radius 1 is 1.11 bits per heavy atom. The van der Waals surface area contributed by atoms with E-state index in [1.807, 2.05) is 19.9 Å². The van der Waals surface area contributed by atoms with Crippen molar-refractivity contribution < 1.29 is 9.53 Å². The second kappa shape index (κ2) is 5.36. The number of nitriles is 1. The predicted molar refractivity (Wildman–Crippen MR) is 72.0 cm³/mol. The van der Waals surface area contributed by atoms with Crippen molar-refractivity contribution in [1.82, 2.24) is 0 Å². The first-order chi connectivity index (χ1) is 9.11. The van der Waals surface area contributed by atoms with Crippen LogP contribution in [-0.2, 0) is 0 Å². The van der Waals surface area contributed by atoms with Gasteiger partial charge in [0.25, 0.3) is 0 Å². The lowest BCUT2D eigenvalue weighted by atomic mass is 10.0. The van der Waals surface area contributed by atoms with Gasteiger partial charge in [-0.2, -0.15) is 5.26 Å². The van der Waals surface area contributed by atoms with Crippen LogP contribution in [0.25, 0.3) is 0 Å². The number of carbonyl (C=O) groups is 1. The molecule has 0 N–H and O–H groups in total. The number of aryl methyl sites for hydroxylation is 2. The van der Waals surface area contributed by atoms with Crippen molar-refractivity contribution in [3.8, 4) is 11.8 Å². The molecule has 0 spiro atoms. The predicted octanol–water partition coefficient (Wildman–Crippen LogP) is 3.39. The number of rotatable bonds is 2. The maximum atomic E-state index is 11.9. The molecule has 0 aliphatic carbocycles. The van der Waals surface area contributed by atoms with E-state index in [2.05, 4.69) is 6.07 Å². The number of esters is 1. The molecular formula is C16H13NO2. The van der Waals surface area contributed by atoms with Gasteiger partial charge in [-0.25, -0.2) is 4.79 Å². The Bertz CT molecular complexity index is 631. The van der Waals surface area contributed by atoms with Crippen molar-refractivity contribution in [2.45, 2.75) is 13.8 Å². The molecule has 94 valence electrons. The summed E-state index contributed by atoms with van der Waals surface area (Å²) in [4.78, 5) is 11.9. The van der Waals surface area contributed by atoms with Crippen LogP contribution in [0.5, 0.6) is 5.75 Å². The molecule has 0 heterocycles. The molecule has 3 heteroatoms. The van der Waals surface area contributed by atoms with Crippen LogP contribution < -0.4 is 4.74 Å². The lowest BCUT2D eigenvalue weighted by molar-refractivity contribution is 0.0734. The van der Waals surface area contributed by atoms with E-state index in [1.165, 1.54) is 0 Å². The number of benzene rings is 2. The Morgan fingerprint density at radius 3 is 2.21 bits per heavy atom. The van der Waals surface area contributed by atoms with Crippen molar-refractivity contribution in [3.63, 3.8) is 0 Å². The fraction of sp³-hybridized carbons (Fsp3) is 0.125. The molecule has 0 saturated carbocycles. The molecule has 0 unspecified atom stereocenters. The molecule has 0 atom stereocenters. The van der Waals surface area contributed by atoms with Crippen molar-refractivity contribution >= 4 is 5.97 Å². The zero-order valence-corrected chi connectivity index (χ0v) is 10.8. The molecule has 0 radical (unpaired) electrons. The van der Waals surface area contributed by atoms with Gasteiger partial charge in [0, 0.05) is 0 Å². The second-order valence-electron chi connectivity index (χ2n) is 4.30. The van der Waals surface area contributed by atoms with Gasteiger partial charge in [-0.3, -0.25) is 0 Å². The molecule has 19 heavy (non-hydrogen) atoms. The van der Waals surface area contributed by atoms with Crippen LogP contribution in [0.2, 0.25) is 0 Å². The molecule has 2 aromatic carbocycles. The number of hydrogen-bond donors (Lipinski definition) is 0. The minimum Gasteiger partial charge on any atom is -0.423 e. The summed E-state index contributed by atoms with van der Waals surface area (Å²) in [6.07, 6.45) is 0. The number of hydrogen-bond acceptors (Lipinski definition) is 3. The summed E-state index contributed by atoms with van der Waals surface area (Å²) >= 11 is 0. The Labute approximate surface area is 112 Å². The molecular weight excluding hydrogens is 238 g/mol. The highest BCUT2D eigenvalue weighted by Gasteiger charge is 2.10. The summed E-state index contributed by atoms with van der Waals surface area (Å²) in [5.41, 5.74) is 2.73. The van der Waals surface area contributed by atoms with Crippen LogP contribution in [0.4, 0.5) is 0 Å². The van der Waals surface area contributed by atoms with Crippen molar-refractivity contribution in [2.24, 2.45) is 0 Å². The van der Waals surface area contributed by atoms with Gasteiger partial charge < -0.3 is 4.74 Å². The van der Waals surface area contributed by atoms with Crippen LogP contribution in [0.15, 0.2) is 42.5 Å².